The molecular formula is C22H23N5O2S. The highest BCUT2D eigenvalue weighted by atomic mass is 32.2. The maximum atomic E-state index is 12.3. The number of hydrogen-bond donors (Lipinski definition) is 2. The average Bonchev–Trinajstić information content (AvgIpc) is 3.39. The molecule has 2 aromatic carbocycles. The quantitative estimate of drug-likeness (QED) is 0.404. The van der Waals surface area contributed by atoms with Crippen LogP contribution in [0.3, 0.4) is 0 Å². The molecule has 8 heteroatoms. The topological polar surface area (TPSA) is 84.8 Å². The van der Waals surface area contributed by atoms with Crippen LogP contribution in [0.5, 0.6) is 0 Å². The van der Waals surface area contributed by atoms with Crippen molar-refractivity contribution in [2.45, 2.75) is 18.2 Å². The van der Waals surface area contributed by atoms with Gasteiger partial charge < -0.3 is 15.0 Å². The van der Waals surface area contributed by atoms with Crippen molar-refractivity contribution in [2.24, 2.45) is 0 Å². The van der Waals surface area contributed by atoms with E-state index in [1.807, 2.05) is 59.3 Å². The molecule has 0 unspecified atom stereocenters. The van der Waals surface area contributed by atoms with Crippen molar-refractivity contribution >= 4 is 28.6 Å². The van der Waals surface area contributed by atoms with E-state index in [9.17, 15) is 4.79 Å². The molecule has 0 aliphatic rings. The molecule has 0 fully saturated rings. The summed E-state index contributed by atoms with van der Waals surface area (Å²) in [5, 5.41) is 13.5. The van der Waals surface area contributed by atoms with Crippen LogP contribution in [0.4, 0.5) is 0 Å². The normalized spacial score (nSPS) is 11.1. The number of aromatic nitrogens is 4. The van der Waals surface area contributed by atoms with E-state index in [1.54, 1.807) is 7.11 Å². The fourth-order valence-corrected chi connectivity index (χ4v) is 4.01. The zero-order chi connectivity index (χ0) is 20.8. The van der Waals surface area contributed by atoms with Gasteiger partial charge in [0.2, 0.25) is 5.91 Å². The number of hydrogen-bond acceptors (Lipinski definition) is 5. The first-order valence-electron chi connectivity index (χ1n) is 9.68. The van der Waals surface area contributed by atoms with Crippen LogP contribution in [-0.2, 0) is 22.6 Å². The third-order valence-corrected chi connectivity index (χ3v) is 5.70. The van der Waals surface area contributed by atoms with Gasteiger partial charge in [0.1, 0.15) is 0 Å². The van der Waals surface area contributed by atoms with E-state index in [2.05, 4.69) is 26.6 Å². The van der Waals surface area contributed by atoms with Gasteiger partial charge in [-0.25, -0.2) is 0 Å². The zero-order valence-corrected chi connectivity index (χ0v) is 17.5. The molecule has 30 heavy (non-hydrogen) atoms. The minimum Gasteiger partial charge on any atom is -0.383 e. The van der Waals surface area contributed by atoms with Crippen LogP contribution in [-0.4, -0.2) is 45.1 Å². The lowest BCUT2D eigenvalue weighted by atomic mass is 10.1. The van der Waals surface area contributed by atoms with E-state index >= 15 is 0 Å². The Morgan fingerprint density at radius 3 is 2.77 bits per heavy atom. The van der Waals surface area contributed by atoms with E-state index in [-0.39, 0.29) is 11.7 Å². The number of para-hydroxylation sites is 1. The summed E-state index contributed by atoms with van der Waals surface area (Å²) in [5.74, 6) is 0.988. The Kier molecular flexibility index (Phi) is 6.46. The Morgan fingerprint density at radius 2 is 1.93 bits per heavy atom. The predicted molar refractivity (Wildman–Crippen MR) is 118 cm³/mol. The lowest BCUT2D eigenvalue weighted by molar-refractivity contribution is -0.118. The summed E-state index contributed by atoms with van der Waals surface area (Å²) in [7, 11) is 1.67. The van der Waals surface area contributed by atoms with E-state index in [4.69, 9.17) is 4.74 Å². The smallest absolute Gasteiger partial charge is 0.230 e. The number of rotatable bonds is 9. The number of amides is 1. The number of aromatic amines is 1. The summed E-state index contributed by atoms with van der Waals surface area (Å²) in [6, 6.07) is 17.9. The second-order valence-corrected chi connectivity index (χ2v) is 7.69. The fraction of sp³-hybridized carbons (Fsp3) is 0.227. The van der Waals surface area contributed by atoms with Crippen LogP contribution >= 0.6 is 11.8 Å². The summed E-state index contributed by atoms with van der Waals surface area (Å²) < 4.78 is 7.28. The molecule has 4 aromatic rings. The molecule has 7 nitrogen and oxygen atoms in total. The zero-order valence-electron chi connectivity index (χ0n) is 16.7. The Balaban J connectivity index is 1.48. The first kappa shape index (κ1) is 20.2. The van der Waals surface area contributed by atoms with Crippen LogP contribution in [0.1, 0.15) is 5.56 Å². The molecule has 154 valence electrons. The Labute approximate surface area is 178 Å². The van der Waals surface area contributed by atoms with Crippen molar-refractivity contribution < 1.29 is 9.53 Å². The maximum Gasteiger partial charge on any atom is 0.230 e. The van der Waals surface area contributed by atoms with Gasteiger partial charge >= 0.3 is 0 Å². The summed E-state index contributed by atoms with van der Waals surface area (Å²) in [5.41, 5.74) is 3.10. The third kappa shape index (κ3) is 4.55. The van der Waals surface area contributed by atoms with Crippen molar-refractivity contribution in [1.82, 2.24) is 25.1 Å². The van der Waals surface area contributed by atoms with E-state index in [0.717, 1.165) is 27.9 Å². The molecule has 0 atom stereocenters. The fourth-order valence-electron chi connectivity index (χ4n) is 3.21. The van der Waals surface area contributed by atoms with Gasteiger partial charge in [0.05, 0.1) is 18.9 Å². The average molecular weight is 422 g/mol. The molecule has 1 amide bonds. The molecule has 2 heterocycles. The highest BCUT2D eigenvalue weighted by Gasteiger charge is 2.18. The van der Waals surface area contributed by atoms with Crippen molar-refractivity contribution in [1.29, 1.82) is 0 Å². The summed E-state index contributed by atoms with van der Waals surface area (Å²) in [4.78, 5) is 15.6. The number of benzene rings is 2. The van der Waals surface area contributed by atoms with Crippen LogP contribution in [0.2, 0.25) is 0 Å². The van der Waals surface area contributed by atoms with Gasteiger partial charge in [-0.2, -0.15) is 0 Å². The monoisotopic (exact) mass is 421 g/mol. The second-order valence-electron chi connectivity index (χ2n) is 6.75. The number of nitrogens with zero attached hydrogens (tertiary/aromatic N) is 3. The number of methoxy groups -OCH3 is 1. The number of fused-ring (bicyclic) bond motifs is 1. The van der Waals surface area contributed by atoms with Gasteiger partial charge in [-0.1, -0.05) is 60.3 Å². The lowest BCUT2D eigenvalue weighted by Gasteiger charge is -2.09. The SMILES string of the molecule is COCCn1c(SCC(=O)NCc2ccccc2)nnc1-c1c[nH]c2ccccc12. The second kappa shape index (κ2) is 9.60. The highest BCUT2D eigenvalue weighted by molar-refractivity contribution is 7.99. The summed E-state index contributed by atoms with van der Waals surface area (Å²) in [6.45, 7) is 1.64. The molecule has 2 aromatic heterocycles. The van der Waals surface area contributed by atoms with Crippen LogP contribution in [0, 0.1) is 0 Å². The first-order chi connectivity index (χ1) is 14.8. The van der Waals surface area contributed by atoms with E-state index in [1.165, 1.54) is 11.8 Å². The number of ether oxygens (including phenoxy) is 1. The molecule has 0 radical (unpaired) electrons. The summed E-state index contributed by atoms with van der Waals surface area (Å²) >= 11 is 1.38. The highest BCUT2D eigenvalue weighted by Crippen LogP contribution is 2.29. The Hall–Kier alpha value is -3.10. The van der Waals surface area contributed by atoms with Crippen LogP contribution in [0.25, 0.3) is 22.3 Å². The molecule has 0 saturated carbocycles. The van der Waals surface area contributed by atoms with Gasteiger partial charge in [0.25, 0.3) is 0 Å². The molecule has 0 spiro atoms. The molecular weight excluding hydrogens is 398 g/mol. The molecule has 0 bridgehead atoms. The maximum absolute atomic E-state index is 12.3. The van der Waals surface area contributed by atoms with Gasteiger partial charge in [-0.3, -0.25) is 9.36 Å². The Bertz CT molecular complexity index is 1120. The number of carbonyl (C=O) groups excluding carboxylic acids is 1. The van der Waals surface area contributed by atoms with E-state index < -0.39 is 0 Å². The standard InChI is InChI=1S/C22H23N5O2S/c1-29-12-11-27-21(18-14-23-19-10-6-5-9-17(18)19)25-26-22(27)30-15-20(28)24-13-16-7-3-2-4-8-16/h2-10,14,23H,11-13,15H2,1H3,(H,24,28). The largest absolute Gasteiger partial charge is 0.383 e. The lowest BCUT2D eigenvalue weighted by Crippen LogP contribution is -2.24. The molecule has 2 N–H and O–H groups in total. The Morgan fingerprint density at radius 1 is 1.13 bits per heavy atom. The number of nitrogens with one attached hydrogen (secondary N) is 2. The molecule has 4 rings (SSSR count). The van der Waals surface area contributed by atoms with Gasteiger partial charge in [0, 0.05) is 36.3 Å². The number of H-pyrrole nitrogens is 1. The molecule has 0 saturated heterocycles. The first-order valence-corrected chi connectivity index (χ1v) is 10.7. The molecule has 0 aliphatic heterocycles. The number of thioether (sulfide) groups is 1. The third-order valence-electron chi connectivity index (χ3n) is 4.73. The van der Waals surface area contributed by atoms with Crippen molar-refractivity contribution in [3.8, 4) is 11.4 Å². The summed E-state index contributed by atoms with van der Waals surface area (Å²) in [6.07, 6.45) is 1.94. The van der Waals surface area contributed by atoms with Crippen molar-refractivity contribution in [3.05, 3.63) is 66.4 Å². The van der Waals surface area contributed by atoms with Gasteiger partial charge in [-0.15, -0.1) is 10.2 Å². The minimum absolute atomic E-state index is 0.0428. The van der Waals surface area contributed by atoms with Crippen molar-refractivity contribution in [3.63, 3.8) is 0 Å². The van der Waals surface area contributed by atoms with Gasteiger partial charge in [0.15, 0.2) is 11.0 Å². The molecule has 0 aliphatic carbocycles. The van der Waals surface area contributed by atoms with Crippen molar-refractivity contribution in [2.75, 3.05) is 19.5 Å². The predicted octanol–water partition coefficient (Wildman–Crippen LogP) is 3.48. The minimum atomic E-state index is -0.0428. The number of carbonyl (C=O) groups is 1. The van der Waals surface area contributed by atoms with Crippen LogP contribution in [0.15, 0.2) is 66.0 Å². The van der Waals surface area contributed by atoms with Gasteiger partial charge in [-0.05, 0) is 11.6 Å². The van der Waals surface area contributed by atoms with Crippen LogP contribution < -0.4 is 5.32 Å². The van der Waals surface area contributed by atoms with E-state index in [0.29, 0.717) is 24.9 Å².